The molecule has 0 aliphatic heterocycles. The fraction of sp³-hybridized carbons (Fsp3) is 0.333. The second kappa shape index (κ2) is 3.97. The lowest BCUT2D eigenvalue weighted by atomic mass is 10.0. The maximum absolute atomic E-state index is 5.32. The smallest absolute Gasteiger partial charge is 0.0421 e. The maximum atomic E-state index is 5.32. The predicted octanol–water partition coefficient (Wildman–Crippen LogP) is 2.99. The quantitative estimate of drug-likeness (QED) is 0.580. The Morgan fingerprint density at radius 1 is 1.33 bits per heavy atom. The van der Waals surface area contributed by atoms with Gasteiger partial charge in [-0.1, -0.05) is 37.1 Å². The molecule has 0 radical (unpaired) electrons. The molecule has 0 bridgehead atoms. The van der Waals surface area contributed by atoms with Crippen LogP contribution in [0, 0.1) is 12.3 Å². The van der Waals surface area contributed by atoms with Crippen LogP contribution in [0.1, 0.15) is 30.9 Å². The molecule has 0 saturated heterocycles. The predicted molar refractivity (Wildman–Crippen MR) is 53.1 cm³/mol. The van der Waals surface area contributed by atoms with Gasteiger partial charge < -0.3 is 0 Å². The van der Waals surface area contributed by atoms with Crippen molar-refractivity contribution < 1.29 is 0 Å². The molecular weight excluding hydrogens is 144 g/mol. The van der Waals surface area contributed by atoms with Gasteiger partial charge in [-0.15, -0.1) is 6.42 Å². The van der Waals surface area contributed by atoms with E-state index >= 15 is 0 Å². The lowest BCUT2D eigenvalue weighted by Crippen LogP contribution is -1.89. The van der Waals surface area contributed by atoms with Crippen molar-refractivity contribution >= 4 is 0 Å². The summed E-state index contributed by atoms with van der Waals surface area (Å²) in [5.74, 6) is 2.95. The van der Waals surface area contributed by atoms with Gasteiger partial charge in [0, 0.05) is 5.92 Å². The molecule has 12 heavy (non-hydrogen) atoms. The van der Waals surface area contributed by atoms with Crippen molar-refractivity contribution in [1.82, 2.24) is 0 Å². The summed E-state index contributed by atoms with van der Waals surface area (Å²) >= 11 is 0. The standard InChI is InChI=1S/C12H14/c1-4-10(3)12-8-6-11(5-2)7-9-12/h1,6-10H,5H2,2-3H3. The first-order chi connectivity index (χ1) is 5.77. The molecule has 62 valence electrons. The second-order valence-corrected chi connectivity index (χ2v) is 2.98. The van der Waals surface area contributed by atoms with Crippen LogP contribution < -0.4 is 0 Å². The Kier molecular flexibility index (Phi) is 2.94. The molecule has 0 aliphatic rings. The molecule has 0 saturated carbocycles. The van der Waals surface area contributed by atoms with Gasteiger partial charge in [0.15, 0.2) is 0 Å². The number of aryl methyl sites for hydroxylation is 1. The fourth-order valence-electron chi connectivity index (χ4n) is 1.14. The minimum absolute atomic E-state index is 0.232. The van der Waals surface area contributed by atoms with Gasteiger partial charge in [-0.05, 0) is 24.5 Å². The van der Waals surface area contributed by atoms with E-state index in [9.17, 15) is 0 Å². The van der Waals surface area contributed by atoms with Gasteiger partial charge in [0.05, 0.1) is 0 Å². The van der Waals surface area contributed by atoms with Crippen LogP contribution in [0.25, 0.3) is 0 Å². The first-order valence-corrected chi connectivity index (χ1v) is 4.33. The highest BCUT2D eigenvalue weighted by molar-refractivity contribution is 5.29. The van der Waals surface area contributed by atoms with Crippen molar-refractivity contribution in [3.05, 3.63) is 35.4 Å². The molecular formula is C12H14. The van der Waals surface area contributed by atoms with Gasteiger partial charge in [-0.2, -0.15) is 0 Å². The van der Waals surface area contributed by atoms with Gasteiger partial charge in [0.1, 0.15) is 0 Å². The molecule has 0 aliphatic carbocycles. The largest absolute Gasteiger partial charge is 0.119 e. The monoisotopic (exact) mass is 158 g/mol. The van der Waals surface area contributed by atoms with E-state index in [1.54, 1.807) is 0 Å². The van der Waals surface area contributed by atoms with Crippen LogP contribution in [-0.4, -0.2) is 0 Å². The van der Waals surface area contributed by atoms with E-state index in [1.165, 1.54) is 11.1 Å². The summed E-state index contributed by atoms with van der Waals surface area (Å²) < 4.78 is 0. The van der Waals surface area contributed by atoms with Crippen LogP contribution in [0.2, 0.25) is 0 Å². The Balaban J connectivity index is 2.86. The zero-order chi connectivity index (χ0) is 8.97. The van der Waals surface area contributed by atoms with Crippen molar-refractivity contribution in [1.29, 1.82) is 0 Å². The van der Waals surface area contributed by atoms with Gasteiger partial charge in [0.25, 0.3) is 0 Å². The summed E-state index contributed by atoms with van der Waals surface area (Å²) in [5, 5.41) is 0. The lowest BCUT2D eigenvalue weighted by molar-refractivity contribution is 0.999. The van der Waals surface area contributed by atoms with Gasteiger partial charge in [-0.25, -0.2) is 0 Å². The van der Waals surface area contributed by atoms with Gasteiger partial charge in [-0.3, -0.25) is 0 Å². The number of rotatable bonds is 2. The molecule has 1 aromatic carbocycles. The topological polar surface area (TPSA) is 0 Å². The van der Waals surface area contributed by atoms with Crippen molar-refractivity contribution in [2.75, 3.05) is 0 Å². The SMILES string of the molecule is C#CC(C)c1ccc(CC)cc1. The number of hydrogen-bond donors (Lipinski definition) is 0. The van der Waals surface area contributed by atoms with E-state index < -0.39 is 0 Å². The highest BCUT2D eigenvalue weighted by Gasteiger charge is 1.99. The summed E-state index contributed by atoms with van der Waals surface area (Å²) in [5.41, 5.74) is 2.60. The Morgan fingerprint density at radius 2 is 1.92 bits per heavy atom. The molecule has 1 unspecified atom stereocenters. The molecule has 0 fully saturated rings. The lowest BCUT2D eigenvalue weighted by Gasteiger charge is -2.04. The van der Waals surface area contributed by atoms with E-state index in [1.807, 2.05) is 6.92 Å². The number of benzene rings is 1. The van der Waals surface area contributed by atoms with Crippen molar-refractivity contribution in [2.24, 2.45) is 0 Å². The Hall–Kier alpha value is -1.22. The molecule has 0 heteroatoms. The molecule has 1 rings (SSSR count). The molecule has 0 heterocycles. The average Bonchev–Trinajstić information content (AvgIpc) is 2.17. The normalized spacial score (nSPS) is 12.1. The van der Waals surface area contributed by atoms with E-state index in [0.717, 1.165) is 6.42 Å². The minimum atomic E-state index is 0.232. The molecule has 0 N–H and O–H groups in total. The molecule has 1 atom stereocenters. The Labute approximate surface area is 74.6 Å². The first kappa shape index (κ1) is 8.87. The second-order valence-electron chi connectivity index (χ2n) is 2.98. The Bertz CT molecular complexity index is 274. The van der Waals surface area contributed by atoms with Gasteiger partial charge >= 0.3 is 0 Å². The van der Waals surface area contributed by atoms with E-state index in [-0.39, 0.29) is 5.92 Å². The molecule has 0 amide bonds. The van der Waals surface area contributed by atoms with Crippen LogP contribution in [-0.2, 0) is 6.42 Å². The maximum Gasteiger partial charge on any atom is 0.0421 e. The third-order valence-corrected chi connectivity index (χ3v) is 2.14. The van der Waals surface area contributed by atoms with E-state index in [4.69, 9.17) is 6.42 Å². The minimum Gasteiger partial charge on any atom is -0.119 e. The van der Waals surface area contributed by atoms with Crippen molar-refractivity contribution in [3.8, 4) is 12.3 Å². The van der Waals surface area contributed by atoms with Crippen molar-refractivity contribution in [2.45, 2.75) is 26.2 Å². The molecule has 0 spiro atoms. The Morgan fingerprint density at radius 3 is 2.33 bits per heavy atom. The number of hydrogen-bond acceptors (Lipinski definition) is 0. The van der Waals surface area contributed by atoms with Crippen LogP contribution in [0.5, 0.6) is 0 Å². The van der Waals surface area contributed by atoms with E-state index in [0.29, 0.717) is 0 Å². The molecule has 0 nitrogen and oxygen atoms in total. The summed E-state index contributed by atoms with van der Waals surface area (Å²) in [4.78, 5) is 0. The summed E-state index contributed by atoms with van der Waals surface area (Å²) in [6.45, 7) is 4.20. The number of terminal acetylenes is 1. The van der Waals surface area contributed by atoms with Crippen LogP contribution in [0.3, 0.4) is 0 Å². The van der Waals surface area contributed by atoms with Gasteiger partial charge in [0.2, 0.25) is 0 Å². The van der Waals surface area contributed by atoms with Crippen LogP contribution in [0.4, 0.5) is 0 Å². The summed E-state index contributed by atoms with van der Waals surface area (Å²) in [6.07, 6.45) is 6.41. The highest BCUT2D eigenvalue weighted by Crippen LogP contribution is 2.14. The van der Waals surface area contributed by atoms with Crippen molar-refractivity contribution in [3.63, 3.8) is 0 Å². The third-order valence-electron chi connectivity index (χ3n) is 2.14. The molecule has 0 aromatic heterocycles. The van der Waals surface area contributed by atoms with Crippen LogP contribution >= 0.6 is 0 Å². The summed E-state index contributed by atoms with van der Waals surface area (Å²) in [7, 11) is 0. The zero-order valence-corrected chi connectivity index (χ0v) is 7.67. The summed E-state index contributed by atoms with van der Waals surface area (Å²) in [6, 6.07) is 8.51. The molecule has 1 aromatic rings. The average molecular weight is 158 g/mol. The fourth-order valence-corrected chi connectivity index (χ4v) is 1.14. The zero-order valence-electron chi connectivity index (χ0n) is 7.67. The third kappa shape index (κ3) is 1.89. The highest BCUT2D eigenvalue weighted by atomic mass is 14.0. The van der Waals surface area contributed by atoms with Crippen LogP contribution in [0.15, 0.2) is 24.3 Å². The van der Waals surface area contributed by atoms with E-state index in [2.05, 4.69) is 37.1 Å². The first-order valence-electron chi connectivity index (χ1n) is 4.33.